The Labute approximate surface area is 143 Å². The van der Waals surface area contributed by atoms with E-state index >= 15 is 0 Å². The Balaban J connectivity index is 1.29. The monoisotopic (exact) mass is 330 g/mol. The van der Waals surface area contributed by atoms with E-state index in [1.807, 2.05) is 4.90 Å². The molecule has 1 aromatic carbocycles. The van der Waals surface area contributed by atoms with Gasteiger partial charge in [-0.2, -0.15) is 0 Å². The van der Waals surface area contributed by atoms with Gasteiger partial charge in [-0.3, -0.25) is 15.1 Å². The number of benzene rings is 1. The van der Waals surface area contributed by atoms with Crippen LogP contribution in [0.15, 0.2) is 18.2 Å². The molecule has 3 aliphatic heterocycles. The summed E-state index contributed by atoms with van der Waals surface area (Å²) in [5, 5.41) is 0. The molecule has 0 bridgehead atoms. The minimum absolute atomic E-state index is 0.0664. The van der Waals surface area contributed by atoms with Gasteiger partial charge in [0, 0.05) is 45.2 Å². The summed E-state index contributed by atoms with van der Waals surface area (Å²) in [5.41, 5.74) is 8.92. The van der Waals surface area contributed by atoms with Crippen molar-refractivity contribution in [2.45, 2.75) is 38.4 Å². The van der Waals surface area contributed by atoms with E-state index in [0.717, 1.165) is 57.9 Å². The molecule has 24 heavy (non-hydrogen) atoms. The van der Waals surface area contributed by atoms with Crippen LogP contribution in [0.3, 0.4) is 0 Å². The fourth-order valence-corrected chi connectivity index (χ4v) is 3.82. The lowest BCUT2D eigenvalue weighted by molar-refractivity contribution is -0.135. The number of amides is 1. The van der Waals surface area contributed by atoms with Gasteiger partial charge in [0.15, 0.2) is 0 Å². The third-order valence-electron chi connectivity index (χ3n) is 5.24. The maximum atomic E-state index is 12.5. The van der Waals surface area contributed by atoms with E-state index in [2.05, 4.69) is 40.9 Å². The van der Waals surface area contributed by atoms with Crippen LogP contribution in [0.25, 0.3) is 0 Å². The summed E-state index contributed by atoms with van der Waals surface area (Å²) in [6.45, 7) is 7.38. The molecule has 6 heteroatoms. The van der Waals surface area contributed by atoms with Crippen LogP contribution < -0.4 is 15.6 Å². The number of fused-ring (bicyclic) bond motifs is 1. The zero-order valence-corrected chi connectivity index (χ0v) is 14.3. The molecule has 1 amide bonds. The average Bonchev–Trinajstić information content (AvgIpc) is 3.23. The molecule has 6 nitrogen and oxygen atoms in total. The first-order chi connectivity index (χ1) is 11.7. The third kappa shape index (κ3) is 3.27. The molecule has 3 aliphatic rings. The number of hydrogen-bond donors (Lipinski definition) is 2. The van der Waals surface area contributed by atoms with E-state index in [0.29, 0.717) is 6.04 Å². The predicted octanol–water partition coefficient (Wildman–Crippen LogP) is 0.521. The van der Waals surface area contributed by atoms with Crippen molar-refractivity contribution in [3.8, 4) is 5.75 Å². The topological polar surface area (TPSA) is 56.8 Å². The Morgan fingerprint density at radius 3 is 2.83 bits per heavy atom. The third-order valence-corrected chi connectivity index (χ3v) is 5.24. The molecule has 2 N–H and O–H groups in total. The SMILES string of the molecule is CC1CC(C(=O)N2CCN(Cc3ccc4c(c3)CCO4)CC2)NN1. The van der Waals surface area contributed by atoms with Gasteiger partial charge in [-0.15, -0.1) is 0 Å². The Morgan fingerprint density at radius 1 is 1.25 bits per heavy atom. The lowest BCUT2D eigenvalue weighted by atomic mass is 10.1. The highest BCUT2D eigenvalue weighted by atomic mass is 16.5. The van der Waals surface area contributed by atoms with E-state index in [-0.39, 0.29) is 11.9 Å². The van der Waals surface area contributed by atoms with E-state index < -0.39 is 0 Å². The first kappa shape index (κ1) is 15.9. The molecule has 2 fully saturated rings. The van der Waals surface area contributed by atoms with Gasteiger partial charge in [0.05, 0.1) is 6.61 Å². The number of carbonyl (C=O) groups is 1. The van der Waals surface area contributed by atoms with Gasteiger partial charge >= 0.3 is 0 Å². The molecule has 0 radical (unpaired) electrons. The van der Waals surface area contributed by atoms with Gasteiger partial charge in [0.2, 0.25) is 5.91 Å². The van der Waals surface area contributed by atoms with Gasteiger partial charge in [-0.1, -0.05) is 12.1 Å². The highest BCUT2D eigenvalue weighted by molar-refractivity contribution is 5.82. The van der Waals surface area contributed by atoms with Crippen molar-refractivity contribution in [3.05, 3.63) is 29.3 Å². The largest absolute Gasteiger partial charge is 0.493 e. The molecule has 2 unspecified atom stereocenters. The second-order valence-corrected chi connectivity index (χ2v) is 7.12. The second-order valence-electron chi connectivity index (χ2n) is 7.12. The Morgan fingerprint density at radius 2 is 2.08 bits per heavy atom. The van der Waals surface area contributed by atoms with Crippen LogP contribution in [-0.2, 0) is 17.8 Å². The molecule has 0 aromatic heterocycles. The summed E-state index contributed by atoms with van der Waals surface area (Å²) in [7, 11) is 0. The second kappa shape index (κ2) is 6.70. The van der Waals surface area contributed by atoms with Gasteiger partial charge in [0.1, 0.15) is 11.8 Å². The highest BCUT2D eigenvalue weighted by Gasteiger charge is 2.31. The Kier molecular flexibility index (Phi) is 4.43. The molecule has 130 valence electrons. The number of hydrogen-bond acceptors (Lipinski definition) is 5. The van der Waals surface area contributed by atoms with E-state index in [1.165, 1.54) is 11.1 Å². The molecule has 1 aromatic rings. The standard InChI is InChI=1S/C18H26N4O2/c1-13-10-16(20-19-13)18(23)22-7-5-21(6-8-22)12-14-2-3-17-15(11-14)4-9-24-17/h2-3,11,13,16,19-20H,4-10,12H2,1H3. The summed E-state index contributed by atoms with van der Waals surface area (Å²) in [6.07, 6.45) is 1.89. The van der Waals surface area contributed by atoms with Crippen molar-refractivity contribution < 1.29 is 9.53 Å². The molecule has 0 spiro atoms. The summed E-state index contributed by atoms with van der Waals surface area (Å²) in [5.74, 6) is 1.28. The number of piperazine rings is 1. The Bertz CT molecular complexity index is 613. The zero-order chi connectivity index (χ0) is 16.5. The van der Waals surface area contributed by atoms with Gasteiger partial charge in [0.25, 0.3) is 0 Å². The molecule has 4 rings (SSSR count). The van der Waals surface area contributed by atoms with Crippen molar-refractivity contribution in [1.82, 2.24) is 20.7 Å². The maximum Gasteiger partial charge on any atom is 0.241 e. The van der Waals surface area contributed by atoms with E-state index in [1.54, 1.807) is 0 Å². The molecule has 2 atom stereocenters. The lowest BCUT2D eigenvalue weighted by Crippen LogP contribution is -2.53. The summed E-state index contributed by atoms with van der Waals surface area (Å²) >= 11 is 0. The summed E-state index contributed by atoms with van der Waals surface area (Å²) in [4.78, 5) is 17.0. The number of nitrogens with zero attached hydrogens (tertiary/aromatic N) is 2. The zero-order valence-electron chi connectivity index (χ0n) is 14.3. The van der Waals surface area contributed by atoms with Crippen molar-refractivity contribution >= 4 is 5.91 Å². The number of ether oxygens (including phenoxy) is 1. The summed E-state index contributed by atoms with van der Waals surface area (Å²) < 4.78 is 5.57. The number of rotatable bonds is 3. The minimum Gasteiger partial charge on any atom is -0.493 e. The van der Waals surface area contributed by atoms with Crippen LogP contribution in [0.1, 0.15) is 24.5 Å². The maximum absolute atomic E-state index is 12.5. The van der Waals surface area contributed by atoms with E-state index in [9.17, 15) is 4.79 Å². The fourth-order valence-electron chi connectivity index (χ4n) is 3.82. The Hall–Kier alpha value is -1.63. The summed E-state index contributed by atoms with van der Waals surface area (Å²) in [6, 6.07) is 6.83. The minimum atomic E-state index is -0.0664. The van der Waals surface area contributed by atoms with Crippen molar-refractivity contribution in [2.24, 2.45) is 0 Å². The number of hydrazine groups is 1. The average molecular weight is 330 g/mol. The van der Waals surface area contributed by atoms with E-state index in [4.69, 9.17) is 4.74 Å². The molecule has 2 saturated heterocycles. The van der Waals surface area contributed by atoms with Crippen molar-refractivity contribution in [3.63, 3.8) is 0 Å². The first-order valence-electron chi connectivity index (χ1n) is 8.96. The quantitative estimate of drug-likeness (QED) is 0.846. The fraction of sp³-hybridized carbons (Fsp3) is 0.611. The van der Waals surface area contributed by atoms with Crippen molar-refractivity contribution in [2.75, 3.05) is 32.8 Å². The lowest BCUT2D eigenvalue weighted by Gasteiger charge is -2.36. The van der Waals surface area contributed by atoms with Crippen molar-refractivity contribution in [1.29, 1.82) is 0 Å². The van der Waals surface area contributed by atoms with Crippen LogP contribution in [0.2, 0.25) is 0 Å². The van der Waals surface area contributed by atoms with Crippen LogP contribution in [0.4, 0.5) is 0 Å². The smallest absolute Gasteiger partial charge is 0.241 e. The van der Waals surface area contributed by atoms with Crippen LogP contribution in [-0.4, -0.2) is 60.6 Å². The normalized spacial score (nSPS) is 27.1. The van der Waals surface area contributed by atoms with Gasteiger partial charge in [-0.05, 0) is 30.5 Å². The molecular weight excluding hydrogens is 304 g/mol. The van der Waals surface area contributed by atoms with Crippen LogP contribution >= 0.6 is 0 Å². The molecular formula is C18H26N4O2. The number of carbonyl (C=O) groups excluding carboxylic acids is 1. The first-order valence-corrected chi connectivity index (χ1v) is 8.96. The number of nitrogens with one attached hydrogen (secondary N) is 2. The van der Waals surface area contributed by atoms with Gasteiger partial charge in [-0.25, -0.2) is 5.43 Å². The predicted molar refractivity (Wildman–Crippen MR) is 91.6 cm³/mol. The van der Waals surface area contributed by atoms with Crippen LogP contribution in [0.5, 0.6) is 5.75 Å². The highest BCUT2D eigenvalue weighted by Crippen LogP contribution is 2.26. The van der Waals surface area contributed by atoms with Gasteiger partial charge < -0.3 is 9.64 Å². The molecule has 0 aliphatic carbocycles. The van der Waals surface area contributed by atoms with Crippen LogP contribution in [0, 0.1) is 0 Å². The molecule has 0 saturated carbocycles. The molecule has 3 heterocycles.